The van der Waals surface area contributed by atoms with E-state index in [1.807, 2.05) is 24.3 Å². The summed E-state index contributed by atoms with van der Waals surface area (Å²) >= 11 is 0. The van der Waals surface area contributed by atoms with Crippen LogP contribution in [0.4, 0.5) is 0 Å². The zero-order chi connectivity index (χ0) is 37.4. The fraction of sp³-hybridized carbons (Fsp3) is 0.0370. The summed E-state index contributed by atoms with van der Waals surface area (Å²) in [6.45, 7) is 4.21. The van der Waals surface area contributed by atoms with E-state index in [9.17, 15) is 10.5 Å². The maximum atomic E-state index is 10.8. The Balaban J connectivity index is 1.44. The molecule has 0 aliphatic heterocycles. The summed E-state index contributed by atoms with van der Waals surface area (Å²) in [7, 11) is 0. The van der Waals surface area contributed by atoms with Crippen molar-refractivity contribution < 1.29 is 0 Å². The lowest BCUT2D eigenvalue weighted by atomic mass is 9.83. The van der Waals surface area contributed by atoms with Gasteiger partial charge < -0.3 is 0 Å². The molecule has 0 N–H and O–H groups in total. The average Bonchev–Trinajstić information content (AvgIpc) is 3.72. The van der Waals surface area contributed by atoms with Gasteiger partial charge in [-0.3, -0.25) is 0 Å². The lowest BCUT2D eigenvalue weighted by molar-refractivity contribution is 1.43. The maximum absolute atomic E-state index is 10.8. The van der Waals surface area contributed by atoms with Crippen molar-refractivity contribution in [1.82, 2.24) is 0 Å². The van der Waals surface area contributed by atoms with Crippen LogP contribution in [0, 0.1) is 36.5 Å². The second-order valence-electron chi connectivity index (χ2n) is 15.5. The van der Waals surface area contributed by atoms with Gasteiger partial charge in [-0.2, -0.15) is 10.5 Å². The monoisotopic (exact) mass is 706 g/mol. The zero-order valence-electron chi connectivity index (χ0n) is 30.8. The van der Waals surface area contributed by atoms with Gasteiger partial charge in [-0.1, -0.05) is 120 Å². The minimum atomic E-state index is 0.644. The summed E-state index contributed by atoms with van der Waals surface area (Å²) in [5.74, 6) is 0. The van der Waals surface area contributed by atoms with E-state index in [-0.39, 0.29) is 0 Å². The highest BCUT2D eigenvalue weighted by Crippen LogP contribution is 2.55. The standard InChI is InChI=1S/C54H30N2/c1-29-17-19-33(27-55)41(21-29)51-46-25-43-39-15-7-13-37-35-11-5-3-9-31(35)23-45(49(37)39)44(43)26-47(46)52(42-22-30(2)18-20-34(42)28-56)54-48-24-32-10-4-6-12-36(32)38-14-8-16-40(50(38)48)53(51)54/h3-26H,1-2H3. The number of hydrogen-bond donors (Lipinski definition) is 0. The van der Waals surface area contributed by atoms with E-state index < -0.39 is 0 Å². The first-order valence-electron chi connectivity index (χ1n) is 19.1. The number of aryl methyl sites for hydroxylation is 2. The van der Waals surface area contributed by atoms with E-state index in [4.69, 9.17) is 0 Å². The average molecular weight is 707 g/mol. The van der Waals surface area contributed by atoms with Crippen molar-refractivity contribution in [3.63, 3.8) is 0 Å². The number of hydrogen-bond acceptors (Lipinski definition) is 2. The van der Waals surface area contributed by atoms with E-state index in [0.717, 1.165) is 65.7 Å². The molecule has 0 aliphatic carbocycles. The molecule has 256 valence electrons. The van der Waals surface area contributed by atoms with Crippen molar-refractivity contribution in [2.75, 3.05) is 0 Å². The van der Waals surface area contributed by atoms with Gasteiger partial charge in [-0.05, 0) is 158 Å². The highest BCUT2D eigenvalue weighted by atomic mass is 14.3. The predicted octanol–water partition coefficient (Wildman–Crippen LogP) is 14.6. The quantitative estimate of drug-likeness (QED) is 0.168. The molecule has 0 spiro atoms. The Labute approximate surface area is 322 Å². The number of nitrogens with zero attached hydrogens (tertiary/aromatic N) is 2. The molecule has 56 heavy (non-hydrogen) atoms. The first-order chi connectivity index (χ1) is 27.5. The first-order valence-corrected chi connectivity index (χ1v) is 19.1. The summed E-state index contributed by atoms with van der Waals surface area (Å²) in [6, 6.07) is 57.8. The lowest BCUT2D eigenvalue weighted by Gasteiger charge is -2.19. The smallest absolute Gasteiger partial charge is 0.0998 e. The predicted molar refractivity (Wildman–Crippen MR) is 236 cm³/mol. The Morgan fingerprint density at radius 3 is 1.30 bits per heavy atom. The second kappa shape index (κ2) is 11.0. The van der Waals surface area contributed by atoms with Crippen LogP contribution in [0.15, 0.2) is 146 Å². The molecule has 0 amide bonds. The van der Waals surface area contributed by atoms with Crippen LogP contribution in [0.2, 0.25) is 0 Å². The van der Waals surface area contributed by atoms with Crippen molar-refractivity contribution in [3.8, 4) is 34.4 Å². The summed E-state index contributed by atoms with van der Waals surface area (Å²) in [5, 5.41) is 42.9. The van der Waals surface area contributed by atoms with Crippen molar-refractivity contribution in [2.24, 2.45) is 0 Å². The molecule has 0 heterocycles. The van der Waals surface area contributed by atoms with Gasteiger partial charge in [-0.25, -0.2) is 0 Å². The van der Waals surface area contributed by atoms with E-state index in [1.165, 1.54) is 64.6 Å². The highest BCUT2D eigenvalue weighted by Gasteiger charge is 2.27. The third-order valence-electron chi connectivity index (χ3n) is 12.5. The molecule has 0 unspecified atom stereocenters. The van der Waals surface area contributed by atoms with Crippen LogP contribution in [0.25, 0.3) is 119 Å². The van der Waals surface area contributed by atoms with Crippen LogP contribution in [0.5, 0.6) is 0 Å². The molecule has 12 aromatic carbocycles. The molecule has 0 aliphatic rings. The molecule has 12 rings (SSSR count). The number of fused-ring (bicyclic) bond motifs is 11. The second-order valence-corrected chi connectivity index (χ2v) is 15.5. The van der Waals surface area contributed by atoms with Crippen LogP contribution in [0.3, 0.4) is 0 Å². The molecule has 0 radical (unpaired) electrons. The normalized spacial score (nSPS) is 12.1. The third-order valence-corrected chi connectivity index (χ3v) is 12.5. The van der Waals surface area contributed by atoms with Crippen molar-refractivity contribution in [2.45, 2.75) is 13.8 Å². The van der Waals surface area contributed by atoms with Gasteiger partial charge in [0.15, 0.2) is 0 Å². The van der Waals surface area contributed by atoms with E-state index >= 15 is 0 Å². The molecular formula is C54H30N2. The molecule has 0 saturated carbocycles. The van der Waals surface area contributed by atoms with Gasteiger partial charge in [0.1, 0.15) is 0 Å². The lowest BCUT2D eigenvalue weighted by Crippen LogP contribution is -1.94. The molecular weight excluding hydrogens is 677 g/mol. The Kier molecular flexibility index (Phi) is 6.08. The SMILES string of the molecule is Cc1ccc(C#N)c(-c2c3cc4c(cc3c(-c3cc(C)ccc3C#N)c3c5cc6ccccc6c6cccc(c23)c65)c2cc3ccccc3c3cccc4c32)c1. The minimum absolute atomic E-state index is 0.644. The topological polar surface area (TPSA) is 47.6 Å². The van der Waals surface area contributed by atoms with E-state index in [0.29, 0.717) is 11.1 Å². The summed E-state index contributed by atoms with van der Waals surface area (Å²) in [5.41, 5.74) is 7.47. The summed E-state index contributed by atoms with van der Waals surface area (Å²) in [6.07, 6.45) is 0. The van der Waals surface area contributed by atoms with Crippen molar-refractivity contribution in [1.29, 1.82) is 10.5 Å². The van der Waals surface area contributed by atoms with E-state index in [1.54, 1.807) is 0 Å². The molecule has 2 nitrogen and oxygen atoms in total. The molecule has 12 aromatic rings. The third kappa shape index (κ3) is 3.93. The molecule has 2 heteroatoms. The Hall–Kier alpha value is -7.52. The Bertz CT molecular complexity index is 3800. The number of benzene rings is 10. The van der Waals surface area contributed by atoms with Crippen LogP contribution in [-0.2, 0) is 0 Å². The van der Waals surface area contributed by atoms with Crippen LogP contribution >= 0.6 is 0 Å². The Morgan fingerprint density at radius 1 is 0.321 bits per heavy atom. The molecule has 0 atom stereocenters. The van der Waals surface area contributed by atoms with E-state index in [2.05, 4.69) is 147 Å². The zero-order valence-corrected chi connectivity index (χ0v) is 30.8. The van der Waals surface area contributed by atoms with Gasteiger partial charge in [0, 0.05) is 11.1 Å². The summed E-state index contributed by atoms with van der Waals surface area (Å²) < 4.78 is 0. The number of rotatable bonds is 2. The van der Waals surface area contributed by atoms with Crippen molar-refractivity contribution in [3.05, 3.63) is 168 Å². The van der Waals surface area contributed by atoms with Crippen LogP contribution in [-0.4, -0.2) is 0 Å². The fourth-order valence-electron chi connectivity index (χ4n) is 10.2. The summed E-state index contributed by atoms with van der Waals surface area (Å²) in [4.78, 5) is 0. The van der Waals surface area contributed by atoms with Gasteiger partial charge in [0.05, 0.1) is 23.3 Å². The first kappa shape index (κ1) is 30.9. The molecule has 0 fully saturated rings. The molecule has 0 saturated heterocycles. The minimum Gasteiger partial charge on any atom is -0.192 e. The number of nitriles is 2. The molecule has 0 aromatic heterocycles. The van der Waals surface area contributed by atoms with Gasteiger partial charge in [0.2, 0.25) is 0 Å². The Morgan fingerprint density at radius 2 is 0.750 bits per heavy atom. The molecule has 0 bridgehead atoms. The van der Waals surface area contributed by atoms with Crippen LogP contribution < -0.4 is 0 Å². The fourth-order valence-corrected chi connectivity index (χ4v) is 10.2. The highest BCUT2D eigenvalue weighted by molar-refractivity contribution is 6.44. The maximum Gasteiger partial charge on any atom is 0.0998 e. The van der Waals surface area contributed by atoms with Crippen LogP contribution in [0.1, 0.15) is 22.3 Å². The van der Waals surface area contributed by atoms with Gasteiger partial charge in [-0.15, -0.1) is 0 Å². The van der Waals surface area contributed by atoms with Crippen molar-refractivity contribution >= 4 is 97.0 Å². The van der Waals surface area contributed by atoms with Gasteiger partial charge in [0.25, 0.3) is 0 Å². The van der Waals surface area contributed by atoms with Gasteiger partial charge >= 0.3 is 0 Å². The largest absolute Gasteiger partial charge is 0.192 e.